The maximum Gasteiger partial charge on any atom is 0.251 e. The van der Waals surface area contributed by atoms with Crippen molar-refractivity contribution in [2.45, 2.75) is 32.2 Å². The fraction of sp³-hybridized carbons (Fsp3) is 0.391. The summed E-state index contributed by atoms with van der Waals surface area (Å²) in [4.78, 5) is 28.3. The van der Waals surface area contributed by atoms with Crippen molar-refractivity contribution in [1.82, 2.24) is 10.2 Å². The Morgan fingerprint density at radius 2 is 1.79 bits per heavy atom. The van der Waals surface area contributed by atoms with Crippen molar-refractivity contribution in [2.24, 2.45) is 0 Å². The van der Waals surface area contributed by atoms with Gasteiger partial charge in [-0.3, -0.25) is 9.59 Å². The molecule has 1 aliphatic rings. The van der Waals surface area contributed by atoms with Gasteiger partial charge in [0, 0.05) is 30.8 Å². The van der Waals surface area contributed by atoms with Gasteiger partial charge < -0.3 is 15.1 Å². The van der Waals surface area contributed by atoms with Crippen molar-refractivity contribution in [3.05, 3.63) is 65.2 Å². The summed E-state index contributed by atoms with van der Waals surface area (Å²) >= 11 is 0. The van der Waals surface area contributed by atoms with Crippen LogP contribution in [0.4, 0.5) is 5.69 Å². The molecule has 1 heterocycles. The number of amides is 2. The number of likely N-dealkylation sites (N-methyl/N-ethyl adjacent to an activating group) is 1. The second-order valence-electron chi connectivity index (χ2n) is 7.48. The van der Waals surface area contributed by atoms with Gasteiger partial charge in [-0.2, -0.15) is 0 Å². The normalized spacial score (nSPS) is 15.1. The lowest BCUT2D eigenvalue weighted by Crippen LogP contribution is -2.34. The first kappa shape index (κ1) is 20.1. The zero-order chi connectivity index (χ0) is 20.1. The van der Waals surface area contributed by atoms with E-state index in [2.05, 4.69) is 41.4 Å². The van der Waals surface area contributed by atoms with Crippen molar-refractivity contribution in [1.29, 1.82) is 0 Å². The quantitative estimate of drug-likeness (QED) is 0.802. The van der Waals surface area contributed by atoms with Gasteiger partial charge in [0.25, 0.3) is 5.91 Å². The van der Waals surface area contributed by atoms with Crippen LogP contribution in [0.25, 0.3) is 0 Å². The van der Waals surface area contributed by atoms with Crippen molar-refractivity contribution in [2.75, 3.05) is 32.1 Å². The molecule has 0 aliphatic carbocycles. The molecule has 0 spiro atoms. The van der Waals surface area contributed by atoms with E-state index in [4.69, 9.17) is 0 Å². The fourth-order valence-electron chi connectivity index (χ4n) is 3.58. The van der Waals surface area contributed by atoms with Gasteiger partial charge >= 0.3 is 0 Å². The molecule has 2 aromatic rings. The van der Waals surface area contributed by atoms with Gasteiger partial charge in [0.2, 0.25) is 5.91 Å². The van der Waals surface area contributed by atoms with E-state index in [-0.39, 0.29) is 17.9 Å². The number of rotatable bonds is 7. The number of carbonyl (C=O) groups excluding carboxylic acids is 2. The minimum absolute atomic E-state index is 0.101. The highest BCUT2D eigenvalue weighted by molar-refractivity contribution is 5.97. The van der Waals surface area contributed by atoms with Crippen LogP contribution >= 0.6 is 0 Å². The van der Waals surface area contributed by atoms with Gasteiger partial charge in [0.15, 0.2) is 0 Å². The third kappa shape index (κ3) is 4.60. The van der Waals surface area contributed by atoms with Gasteiger partial charge in [-0.1, -0.05) is 31.2 Å². The highest BCUT2D eigenvalue weighted by Gasteiger charge is 2.22. The van der Waals surface area contributed by atoms with Crippen LogP contribution in [0.2, 0.25) is 0 Å². The Labute approximate surface area is 167 Å². The maximum absolute atomic E-state index is 12.6. The fourth-order valence-corrected chi connectivity index (χ4v) is 3.58. The summed E-state index contributed by atoms with van der Waals surface area (Å²) in [6, 6.07) is 16.0. The van der Waals surface area contributed by atoms with Crippen LogP contribution in [-0.2, 0) is 11.2 Å². The first-order chi connectivity index (χ1) is 13.5. The van der Waals surface area contributed by atoms with Gasteiger partial charge in [0.05, 0.1) is 6.04 Å². The molecular weight excluding hydrogens is 350 g/mol. The number of hydrogen-bond acceptors (Lipinski definition) is 3. The van der Waals surface area contributed by atoms with Crippen LogP contribution in [-0.4, -0.2) is 43.9 Å². The van der Waals surface area contributed by atoms with E-state index in [9.17, 15) is 9.59 Å². The van der Waals surface area contributed by atoms with Crippen LogP contribution in [0, 0.1) is 0 Å². The molecule has 0 radical (unpaired) electrons. The molecule has 1 saturated heterocycles. The zero-order valence-electron chi connectivity index (χ0n) is 16.9. The predicted molar refractivity (Wildman–Crippen MR) is 113 cm³/mol. The van der Waals surface area contributed by atoms with E-state index in [0.29, 0.717) is 18.5 Å². The molecule has 1 aliphatic heterocycles. The summed E-state index contributed by atoms with van der Waals surface area (Å²) in [6.07, 6.45) is 2.52. The Morgan fingerprint density at radius 3 is 2.32 bits per heavy atom. The van der Waals surface area contributed by atoms with Crippen LogP contribution < -0.4 is 10.2 Å². The Morgan fingerprint density at radius 1 is 1.11 bits per heavy atom. The van der Waals surface area contributed by atoms with E-state index in [1.54, 1.807) is 17.0 Å². The molecule has 5 heteroatoms. The highest BCUT2D eigenvalue weighted by atomic mass is 16.2. The first-order valence-electron chi connectivity index (χ1n) is 9.93. The number of nitrogens with zero attached hydrogens (tertiary/aromatic N) is 2. The number of benzene rings is 2. The lowest BCUT2D eigenvalue weighted by atomic mass is 10.0. The molecule has 1 atom stereocenters. The largest absolute Gasteiger partial charge is 0.350 e. The van der Waals surface area contributed by atoms with Crippen LogP contribution in [0.5, 0.6) is 0 Å². The van der Waals surface area contributed by atoms with Gasteiger partial charge in [0.1, 0.15) is 0 Å². The maximum atomic E-state index is 12.6. The lowest BCUT2D eigenvalue weighted by Gasteiger charge is -2.25. The molecule has 0 saturated carbocycles. The summed E-state index contributed by atoms with van der Waals surface area (Å²) < 4.78 is 0. The Bertz CT molecular complexity index is 813. The Kier molecular flexibility index (Phi) is 6.47. The van der Waals surface area contributed by atoms with Crippen molar-refractivity contribution in [3.8, 4) is 0 Å². The SMILES string of the molecule is CCc1ccc(C(CNC(=O)c2ccc(N3CCCC3=O)cc2)N(C)C)cc1. The average molecular weight is 380 g/mol. The molecule has 0 aromatic heterocycles. The monoisotopic (exact) mass is 379 g/mol. The van der Waals surface area contributed by atoms with Gasteiger partial charge in [-0.25, -0.2) is 0 Å². The number of carbonyl (C=O) groups is 2. The molecule has 2 amide bonds. The first-order valence-corrected chi connectivity index (χ1v) is 9.93. The van der Waals surface area contributed by atoms with Crippen LogP contribution in [0.1, 0.15) is 47.3 Å². The number of hydrogen-bond donors (Lipinski definition) is 1. The molecule has 2 aromatic carbocycles. The van der Waals surface area contributed by atoms with Gasteiger partial charge in [-0.05, 0) is 62.3 Å². The summed E-state index contributed by atoms with van der Waals surface area (Å²) in [5.74, 6) is 0.0523. The van der Waals surface area contributed by atoms with Crippen LogP contribution in [0.3, 0.4) is 0 Å². The predicted octanol–water partition coefficient (Wildman–Crippen LogP) is 3.41. The van der Waals surface area contributed by atoms with E-state index >= 15 is 0 Å². The summed E-state index contributed by atoms with van der Waals surface area (Å²) in [6.45, 7) is 3.43. The number of anilines is 1. The molecule has 1 N–H and O–H groups in total. The zero-order valence-corrected chi connectivity index (χ0v) is 16.9. The topological polar surface area (TPSA) is 52.7 Å². The van der Waals surface area contributed by atoms with E-state index in [1.807, 2.05) is 26.2 Å². The minimum Gasteiger partial charge on any atom is -0.350 e. The van der Waals surface area contributed by atoms with E-state index in [1.165, 1.54) is 11.1 Å². The Hall–Kier alpha value is -2.66. The van der Waals surface area contributed by atoms with E-state index < -0.39 is 0 Å². The molecule has 5 nitrogen and oxygen atoms in total. The summed E-state index contributed by atoms with van der Waals surface area (Å²) in [5.41, 5.74) is 3.96. The number of aryl methyl sites for hydroxylation is 1. The molecule has 1 unspecified atom stereocenters. The highest BCUT2D eigenvalue weighted by Crippen LogP contribution is 2.22. The third-order valence-electron chi connectivity index (χ3n) is 5.37. The molecule has 0 bridgehead atoms. The van der Waals surface area contributed by atoms with Crippen molar-refractivity contribution in [3.63, 3.8) is 0 Å². The minimum atomic E-state index is -0.101. The van der Waals surface area contributed by atoms with Crippen molar-refractivity contribution < 1.29 is 9.59 Å². The summed E-state index contributed by atoms with van der Waals surface area (Å²) in [5, 5.41) is 3.04. The molecule has 1 fully saturated rings. The molecule has 28 heavy (non-hydrogen) atoms. The van der Waals surface area contributed by atoms with E-state index in [0.717, 1.165) is 25.1 Å². The van der Waals surface area contributed by atoms with Crippen LogP contribution in [0.15, 0.2) is 48.5 Å². The summed E-state index contributed by atoms with van der Waals surface area (Å²) in [7, 11) is 4.04. The molecule has 148 valence electrons. The molecule has 3 rings (SSSR count). The second kappa shape index (κ2) is 9.02. The van der Waals surface area contributed by atoms with Crippen molar-refractivity contribution >= 4 is 17.5 Å². The third-order valence-corrected chi connectivity index (χ3v) is 5.37. The standard InChI is InChI=1S/C23H29N3O2/c1-4-17-7-9-18(10-8-17)21(25(2)3)16-24-23(28)19-11-13-20(14-12-19)26-15-5-6-22(26)27/h7-14,21H,4-6,15-16H2,1-3H3,(H,24,28). The number of nitrogens with one attached hydrogen (secondary N) is 1. The second-order valence-corrected chi connectivity index (χ2v) is 7.48. The Balaban J connectivity index is 1.63. The average Bonchev–Trinajstić information content (AvgIpc) is 3.14. The van der Waals surface area contributed by atoms with Gasteiger partial charge in [-0.15, -0.1) is 0 Å². The smallest absolute Gasteiger partial charge is 0.251 e. The lowest BCUT2D eigenvalue weighted by molar-refractivity contribution is -0.117. The molecular formula is C23H29N3O2.